The van der Waals surface area contributed by atoms with E-state index in [2.05, 4.69) is 30.9 Å². The summed E-state index contributed by atoms with van der Waals surface area (Å²) in [6, 6.07) is 0. The van der Waals surface area contributed by atoms with Gasteiger partial charge in [-0.05, 0) is 37.8 Å². The van der Waals surface area contributed by atoms with Gasteiger partial charge in [0.15, 0.2) is 11.6 Å². The molecule has 0 radical (unpaired) electrons. The summed E-state index contributed by atoms with van der Waals surface area (Å²) in [7, 11) is 0. The van der Waals surface area contributed by atoms with E-state index in [4.69, 9.17) is 19.4 Å². The Labute approximate surface area is 279 Å². The highest BCUT2D eigenvalue weighted by molar-refractivity contribution is 5.75. The lowest BCUT2D eigenvalue weighted by Crippen LogP contribution is -2.21. The molecule has 2 atom stereocenters. The summed E-state index contributed by atoms with van der Waals surface area (Å²) in [6.45, 7) is 6.81. The molecular weight excluding hydrogens is 602 g/mol. The fourth-order valence-electron chi connectivity index (χ4n) is 6.85. The van der Waals surface area contributed by atoms with Crippen molar-refractivity contribution in [2.24, 2.45) is 11.8 Å². The molecule has 2 aliphatic rings. The van der Waals surface area contributed by atoms with Gasteiger partial charge in [0.2, 0.25) is 17.7 Å². The Morgan fingerprint density at radius 3 is 1.60 bits per heavy atom. The van der Waals surface area contributed by atoms with Gasteiger partial charge in [-0.25, -0.2) is 5.48 Å². The minimum atomic E-state index is -0.806. The predicted octanol–water partition coefficient (Wildman–Crippen LogP) is 6.40. The maximum atomic E-state index is 11.6. The number of aromatic nitrogens is 4. The number of carboxylic acid groups (broad SMARTS) is 1. The summed E-state index contributed by atoms with van der Waals surface area (Å²) < 4.78 is 10.7. The van der Waals surface area contributed by atoms with Crippen molar-refractivity contribution in [1.29, 1.82) is 0 Å². The molecule has 2 fully saturated rings. The minimum absolute atomic E-state index is 0.0630. The molecule has 47 heavy (non-hydrogen) atoms. The molecule has 266 valence electrons. The molecule has 2 aliphatic carbocycles. The molecule has 2 saturated carbocycles. The number of hydrogen-bond acceptors (Lipinski definition) is 11. The lowest BCUT2D eigenvalue weighted by molar-refractivity contribution is -0.137. The molecule has 0 aromatic carbocycles. The van der Waals surface area contributed by atoms with Crippen molar-refractivity contribution >= 4 is 11.9 Å². The number of carbonyl (C=O) groups excluding carboxylic acids is 1. The zero-order valence-electron chi connectivity index (χ0n) is 28.7. The average molecular weight is 662 g/mol. The first kappa shape index (κ1) is 38.5. The Hall–Kier alpha value is -2.90. The van der Waals surface area contributed by atoms with Gasteiger partial charge in [-0.15, -0.1) is 0 Å². The Balaban J connectivity index is 0.000000256. The molecule has 1 amide bonds. The summed E-state index contributed by atoms with van der Waals surface area (Å²) in [5.74, 6) is 2.29. The predicted molar refractivity (Wildman–Crippen MR) is 176 cm³/mol. The van der Waals surface area contributed by atoms with Crippen molar-refractivity contribution < 1.29 is 28.9 Å². The average Bonchev–Trinajstić information content (AvgIpc) is 3.77. The number of hydrogen-bond donors (Lipinski definition) is 5. The van der Waals surface area contributed by atoms with Crippen molar-refractivity contribution in [1.82, 2.24) is 36.4 Å². The van der Waals surface area contributed by atoms with E-state index in [0.717, 1.165) is 50.6 Å². The van der Waals surface area contributed by atoms with Crippen LogP contribution in [0.5, 0.6) is 0 Å². The van der Waals surface area contributed by atoms with Gasteiger partial charge >= 0.3 is 5.97 Å². The largest absolute Gasteiger partial charge is 0.481 e. The van der Waals surface area contributed by atoms with Crippen molar-refractivity contribution in [3.63, 3.8) is 0 Å². The maximum Gasteiger partial charge on any atom is 0.304 e. The van der Waals surface area contributed by atoms with E-state index in [1.165, 1.54) is 77.0 Å². The van der Waals surface area contributed by atoms with Crippen LogP contribution in [-0.2, 0) is 22.7 Å². The molecule has 0 unspecified atom stereocenters. The topological polar surface area (TPSA) is 189 Å². The fraction of sp³-hybridized carbons (Fsp3) is 0.824. The first-order valence-corrected chi connectivity index (χ1v) is 18.1. The minimum Gasteiger partial charge on any atom is -0.481 e. The second kappa shape index (κ2) is 22.6. The number of rotatable bonds is 20. The number of nitrogens with one attached hydrogen (secondary N) is 3. The SMILES string of the molecule is CCNCc1noc([C@H](CCCC2CCCCC2)CC(=O)NO)n1.CCNCc1noc([C@H](CCCC2CCCCC2)CC(=O)O)n1. The van der Waals surface area contributed by atoms with E-state index in [1.54, 1.807) is 5.48 Å². The van der Waals surface area contributed by atoms with Gasteiger partial charge in [-0.2, -0.15) is 9.97 Å². The molecule has 2 heterocycles. The van der Waals surface area contributed by atoms with E-state index < -0.39 is 11.9 Å². The van der Waals surface area contributed by atoms with Gasteiger partial charge in [0.25, 0.3) is 0 Å². The second-order valence-corrected chi connectivity index (χ2v) is 13.3. The second-order valence-electron chi connectivity index (χ2n) is 13.3. The lowest BCUT2D eigenvalue weighted by Gasteiger charge is -2.22. The summed E-state index contributed by atoms with van der Waals surface area (Å²) in [5.41, 5.74) is 1.70. The smallest absolute Gasteiger partial charge is 0.304 e. The fourth-order valence-corrected chi connectivity index (χ4v) is 6.85. The normalized spacial score (nSPS) is 17.1. The summed E-state index contributed by atoms with van der Waals surface area (Å²) >= 11 is 0. The summed E-state index contributed by atoms with van der Waals surface area (Å²) in [4.78, 5) is 31.5. The van der Waals surface area contributed by atoms with Crippen LogP contribution in [0.1, 0.15) is 165 Å². The molecule has 0 bridgehead atoms. The van der Waals surface area contributed by atoms with Crippen LogP contribution in [0.2, 0.25) is 0 Å². The van der Waals surface area contributed by atoms with Crippen molar-refractivity contribution in [2.75, 3.05) is 13.1 Å². The Kier molecular flexibility index (Phi) is 18.6. The van der Waals surface area contributed by atoms with Crippen LogP contribution in [0.4, 0.5) is 0 Å². The molecule has 2 aromatic heterocycles. The standard InChI is InChI=1S/C17H30N4O3.C17H29N3O3/c1-2-18-12-15-19-17(24-21-15)14(11-16(22)20-23)10-6-9-13-7-4-3-5-8-13;1-2-18-12-15-19-17(23-20-15)14(11-16(21)22)10-6-9-13-7-4-3-5-8-13/h13-14,18,23H,2-12H2,1H3,(H,20,22);13-14,18H,2-12H2,1H3,(H,21,22)/t2*14-/m11/s1. The quantitative estimate of drug-likeness (QED) is 0.0777. The van der Waals surface area contributed by atoms with Gasteiger partial charge in [-0.3, -0.25) is 14.8 Å². The summed E-state index contributed by atoms with van der Waals surface area (Å²) in [6.07, 6.45) is 19.8. The van der Waals surface area contributed by atoms with E-state index >= 15 is 0 Å². The Morgan fingerprint density at radius 2 is 1.19 bits per heavy atom. The number of carboxylic acids is 1. The third-order valence-electron chi connectivity index (χ3n) is 9.49. The number of amides is 1. The van der Waals surface area contributed by atoms with Crippen molar-refractivity contribution in [3.05, 3.63) is 23.4 Å². The van der Waals surface area contributed by atoms with Crippen molar-refractivity contribution in [2.45, 2.75) is 154 Å². The van der Waals surface area contributed by atoms with Crippen LogP contribution in [0.3, 0.4) is 0 Å². The molecular formula is C34H59N7O6. The lowest BCUT2D eigenvalue weighted by atomic mass is 9.84. The first-order chi connectivity index (χ1) is 22.9. The molecule has 4 rings (SSSR count). The van der Waals surface area contributed by atoms with Crippen molar-refractivity contribution in [3.8, 4) is 0 Å². The molecule has 0 aliphatic heterocycles. The molecule has 0 spiro atoms. The van der Waals surface area contributed by atoms with Crippen LogP contribution in [0.15, 0.2) is 9.05 Å². The molecule has 5 N–H and O–H groups in total. The first-order valence-electron chi connectivity index (χ1n) is 18.1. The zero-order chi connectivity index (χ0) is 33.7. The van der Waals surface area contributed by atoms with Crippen LogP contribution in [0, 0.1) is 11.8 Å². The molecule has 13 nitrogen and oxygen atoms in total. The molecule has 2 aromatic rings. The van der Waals surface area contributed by atoms with E-state index in [-0.39, 0.29) is 24.7 Å². The van der Waals surface area contributed by atoms with Crippen LogP contribution < -0.4 is 16.1 Å². The van der Waals surface area contributed by atoms with E-state index in [1.807, 2.05) is 13.8 Å². The highest BCUT2D eigenvalue weighted by atomic mass is 16.5. The van der Waals surface area contributed by atoms with Crippen LogP contribution in [0.25, 0.3) is 0 Å². The number of nitrogens with zero attached hydrogens (tertiary/aromatic N) is 4. The number of hydroxylamine groups is 1. The Morgan fingerprint density at radius 1 is 0.745 bits per heavy atom. The zero-order valence-corrected chi connectivity index (χ0v) is 28.7. The van der Waals surface area contributed by atoms with Gasteiger partial charge < -0.3 is 24.8 Å². The monoisotopic (exact) mass is 661 g/mol. The Bertz CT molecular complexity index is 1130. The summed E-state index contributed by atoms with van der Waals surface area (Å²) in [5, 5.41) is 32.1. The van der Waals surface area contributed by atoms with Crippen LogP contribution >= 0.6 is 0 Å². The molecule has 13 heteroatoms. The molecule has 0 saturated heterocycles. The van der Waals surface area contributed by atoms with Gasteiger partial charge in [0.1, 0.15) is 0 Å². The highest BCUT2D eigenvalue weighted by Gasteiger charge is 2.24. The third-order valence-corrected chi connectivity index (χ3v) is 9.49. The number of aliphatic carboxylic acids is 1. The maximum absolute atomic E-state index is 11.6. The third kappa shape index (κ3) is 15.2. The van der Waals surface area contributed by atoms with Gasteiger partial charge in [0, 0.05) is 18.3 Å². The van der Waals surface area contributed by atoms with Gasteiger partial charge in [-0.1, -0.05) is 114 Å². The van der Waals surface area contributed by atoms with Crippen LogP contribution in [-0.4, -0.2) is 55.6 Å². The highest BCUT2D eigenvalue weighted by Crippen LogP contribution is 2.32. The number of carbonyl (C=O) groups is 2. The van der Waals surface area contributed by atoms with E-state index in [0.29, 0.717) is 36.5 Å². The van der Waals surface area contributed by atoms with Gasteiger partial charge in [0.05, 0.1) is 19.5 Å². The van der Waals surface area contributed by atoms with E-state index in [9.17, 15) is 9.59 Å².